The van der Waals surface area contributed by atoms with Crippen LogP contribution < -0.4 is 10.6 Å². The van der Waals surface area contributed by atoms with Crippen LogP contribution in [-0.4, -0.2) is 21.8 Å². The highest BCUT2D eigenvalue weighted by molar-refractivity contribution is 6.40. The average molecular weight is 433 g/mol. The number of amides is 2. The molecule has 0 aliphatic heterocycles. The van der Waals surface area contributed by atoms with Gasteiger partial charge in [-0.25, -0.2) is 8.78 Å². The topological polar surface area (TPSA) is 86.9 Å². The van der Waals surface area contributed by atoms with Crippen LogP contribution in [0.1, 0.15) is 11.3 Å². The Balaban J connectivity index is 1.68. The van der Waals surface area contributed by atoms with E-state index in [-0.39, 0.29) is 22.3 Å². The smallest absolute Gasteiger partial charge is 0.359 e. The number of H-pyrrole nitrogens is 1. The van der Waals surface area contributed by atoms with Crippen LogP contribution in [0.5, 0.6) is 0 Å². The van der Waals surface area contributed by atoms with Gasteiger partial charge < -0.3 is 15.6 Å². The second-order valence-corrected chi connectivity index (χ2v) is 6.21. The Bertz CT molecular complexity index is 1110. The van der Waals surface area contributed by atoms with Crippen molar-refractivity contribution in [2.24, 2.45) is 0 Å². The van der Waals surface area contributed by atoms with Crippen molar-refractivity contribution in [3.05, 3.63) is 58.5 Å². The molecule has 3 aromatic rings. The molecule has 12 heteroatoms. The van der Waals surface area contributed by atoms with Crippen LogP contribution in [0.4, 0.5) is 27.6 Å². The molecule has 0 spiro atoms. The normalized spacial score (nSPS) is 11.5. The summed E-state index contributed by atoms with van der Waals surface area (Å²) >= 11 is 5.46. The molecule has 152 valence electrons. The molecule has 0 saturated carbocycles. The van der Waals surface area contributed by atoms with Crippen molar-refractivity contribution in [1.82, 2.24) is 15.3 Å². The summed E-state index contributed by atoms with van der Waals surface area (Å²) in [6.07, 6.45) is -2.70. The second-order valence-electron chi connectivity index (χ2n) is 5.80. The van der Waals surface area contributed by atoms with Gasteiger partial charge in [0.05, 0.1) is 34.0 Å². The number of anilines is 1. The lowest BCUT2D eigenvalue weighted by Crippen LogP contribution is -2.35. The predicted molar refractivity (Wildman–Crippen MR) is 92.9 cm³/mol. The standard InChI is InChI=1S/C17H10ClF5N4O2/c18-10-5-24-7(1-9(10)17(21,22)23)4-26-15(28)16(29)27-14-6-25-13-3-12(20)11(19)2-8(13)14/h1-3,5-6,25H,4H2,(H,26,28)(H,27,29). The lowest BCUT2D eigenvalue weighted by atomic mass is 10.2. The van der Waals surface area contributed by atoms with Gasteiger partial charge in [-0.15, -0.1) is 0 Å². The third kappa shape index (κ3) is 4.45. The zero-order valence-corrected chi connectivity index (χ0v) is 14.9. The number of rotatable bonds is 3. The third-order valence-electron chi connectivity index (χ3n) is 3.82. The zero-order valence-electron chi connectivity index (χ0n) is 14.1. The number of benzene rings is 1. The highest BCUT2D eigenvalue weighted by Gasteiger charge is 2.33. The van der Waals surface area contributed by atoms with Crippen molar-refractivity contribution in [3.8, 4) is 0 Å². The largest absolute Gasteiger partial charge is 0.417 e. The minimum Gasteiger partial charge on any atom is -0.359 e. The Labute approximate surface area is 164 Å². The molecule has 0 bridgehead atoms. The Morgan fingerprint density at radius 3 is 2.48 bits per heavy atom. The first kappa shape index (κ1) is 20.5. The molecule has 2 aromatic heterocycles. The first-order valence-corrected chi connectivity index (χ1v) is 8.21. The number of fused-ring (bicyclic) bond motifs is 1. The number of hydrogen-bond acceptors (Lipinski definition) is 3. The van der Waals surface area contributed by atoms with Crippen LogP contribution in [0, 0.1) is 11.6 Å². The fourth-order valence-corrected chi connectivity index (χ4v) is 2.66. The summed E-state index contributed by atoms with van der Waals surface area (Å²) in [7, 11) is 0. The number of hydrogen-bond donors (Lipinski definition) is 3. The Kier molecular flexibility index (Phi) is 5.42. The molecule has 2 amide bonds. The lowest BCUT2D eigenvalue weighted by Gasteiger charge is -2.11. The Morgan fingerprint density at radius 1 is 1.10 bits per heavy atom. The summed E-state index contributed by atoms with van der Waals surface area (Å²) in [5.41, 5.74) is -1.10. The van der Waals surface area contributed by atoms with E-state index < -0.39 is 46.8 Å². The highest BCUT2D eigenvalue weighted by atomic mass is 35.5. The van der Waals surface area contributed by atoms with E-state index in [0.29, 0.717) is 6.07 Å². The van der Waals surface area contributed by atoms with E-state index in [1.807, 2.05) is 0 Å². The molecular formula is C17H10ClF5N4O2. The molecule has 3 rings (SSSR count). The van der Waals surface area contributed by atoms with Crippen LogP contribution in [0.25, 0.3) is 10.9 Å². The van der Waals surface area contributed by atoms with Crippen LogP contribution >= 0.6 is 11.6 Å². The number of nitrogens with zero attached hydrogens (tertiary/aromatic N) is 1. The van der Waals surface area contributed by atoms with Gasteiger partial charge in [0.2, 0.25) is 0 Å². The Morgan fingerprint density at radius 2 is 1.79 bits per heavy atom. The van der Waals surface area contributed by atoms with Gasteiger partial charge in [0.1, 0.15) is 0 Å². The molecule has 0 unspecified atom stereocenters. The first-order chi connectivity index (χ1) is 13.6. The third-order valence-corrected chi connectivity index (χ3v) is 4.13. The van der Waals surface area contributed by atoms with E-state index in [9.17, 15) is 31.5 Å². The van der Waals surface area contributed by atoms with Crippen molar-refractivity contribution >= 4 is 40.0 Å². The molecule has 0 radical (unpaired) electrons. The second kappa shape index (κ2) is 7.66. The average Bonchev–Trinajstić information content (AvgIpc) is 3.01. The van der Waals surface area contributed by atoms with Crippen LogP contribution in [0.3, 0.4) is 0 Å². The van der Waals surface area contributed by atoms with Gasteiger partial charge >= 0.3 is 18.0 Å². The van der Waals surface area contributed by atoms with E-state index in [4.69, 9.17) is 11.6 Å². The van der Waals surface area contributed by atoms with Gasteiger partial charge in [-0.1, -0.05) is 11.6 Å². The molecule has 0 aliphatic rings. The maximum Gasteiger partial charge on any atom is 0.417 e. The van der Waals surface area contributed by atoms with Gasteiger partial charge in [0.15, 0.2) is 11.6 Å². The SMILES string of the molecule is O=C(NCc1cc(C(F)(F)F)c(Cl)cn1)C(=O)Nc1c[nH]c2cc(F)c(F)cc12. The van der Waals surface area contributed by atoms with Gasteiger partial charge in [-0.2, -0.15) is 13.2 Å². The van der Waals surface area contributed by atoms with E-state index in [1.165, 1.54) is 6.20 Å². The number of nitrogens with one attached hydrogen (secondary N) is 3. The molecule has 0 aliphatic carbocycles. The number of pyridine rings is 1. The monoisotopic (exact) mass is 432 g/mol. The lowest BCUT2D eigenvalue weighted by molar-refractivity contribution is -0.137. The molecule has 0 fully saturated rings. The maximum absolute atomic E-state index is 13.4. The summed E-state index contributed by atoms with van der Waals surface area (Å²) in [5.74, 6) is -4.58. The van der Waals surface area contributed by atoms with Gasteiger partial charge in [-0.3, -0.25) is 14.6 Å². The van der Waals surface area contributed by atoms with Crippen molar-refractivity contribution in [2.75, 3.05) is 5.32 Å². The summed E-state index contributed by atoms with van der Waals surface area (Å²) in [6, 6.07) is 2.37. The number of aromatic nitrogens is 2. The van der Waals surface area contributed by atoms with Crippen LogP contribution in [0.2, 0.25) is 5.02 Å². The van der Waals surface area contributed by atoms with Crippen LogP contribution in [0.15, 0.2) is 30.6 Å². The van der Waals surface area contributed by atoms with Crippen molar-refractivity contribution < 1.29 is 31.5 Å². The van der Waals surface area contributed by atoms with Crippen molar-refractivity contribution in [2.45, 2.75) is 12.7 Å². The minimum absolute atomic E-state index is 0.0167. The number of carbonyl (C=O) groups excluding carboxylic acids is 2. The number of aromatic amines is 1. The van der Waals surface area contributed by atoms with Crippen molar-refractivity contribution in [1.29, 1.82) is 0 Å². The highest BCUT2D eigenvalue weighted by Crippen LogP contribution is 2.34. The number of carbonyl (C=O) groups is 2. The van der Waals surface area contributed by atoms with E-state index >= 15 is 0 Å². The van der Waals surface area contributed by atoms with Gasteiger partial charge in [0.25, 0.3) is 0 Å². The van der Waals surface area contributed by atoms with Crippen LogP contribution in [-0.2, 0) is 22.3 Å². The molecule has 6 nitrogen and oxygen atoms in total. The fraction of sp³-hybridized carbons (Fsp3) is 0.118. The number of halogens is 6. The molecule has 29 heavy (non-hydrogen) atoms. The van der Waals surface area contributed by atoms with Crippen molar-refractivity contribution in [3.63, 3.8) is 0 Å². The quantitative estimate of drug-likeness (QED) is 0.435. The Hall–Kier alpha value is -3.21. The zero-order chi connectivity index (χ0) is 21.3. The first-order valence-electron chi connectivity index (χ1n) is 7.83. The minimum atomic E-state index is -4.71. The van der Waals surface area contributed by atoms with E-state index in [1.54, 1.807) is 0 Å². The summed E-state index contributed by atoms with van der Waals surface area (Å²) in [6.45, 7) is -0.472. The number of alkyl halides is 3. The van der Waals surface area contributed by atoms with E-state index in [0.717, 1.165) is 18.3 Å². The maximum atomic E-state index is 13.4. The molecule has 2 heterocycles. The molecule has 0 atom stereocenters. The molecule has 3 N–H and O–H groups in total. The van der Waals surface area contributed by atoms with Gasteiger partial charge in [-0.05, 0) is 12.1 Å². The summed E-state index contributed by atoms with van der Waals surface area (Å²) in [4.78, 5) is 30.1. The fourth-order valence-electron chi connectivity index (χ4n) is 2.45. The summed E-state index contributed by atoms with van der Waals surface area (Å²) in [5, 5.41) is 3.83. The molecular weight excluding hydrogens is 423 g/mol. The molecule has 0 saturated heterocycles. The van der Waals surface area contributed by atoms with Gasteiger partial charge in [0, 0.05) is 23.8 Å². The summed E-state index contributed by atoms with van der Waals surface area (Å²) < 4.78 is 65.1. The van der Waals surface area contributed by atoms with E-state index in [2.05, 4.69) is 20.6 Å². The predicted octanol–water partition coefficient (Wildman–Crippen LogP) is 3.77. The molecule has 1 aromatic carbocycles.